The van der Waals surface area contributed by atoms with E-state index in [9.17, 15) is 9.59 Å². The lowest BCUT2D eigenvalue weighted by Gasteiger charge is -2.13. The minimum atomic E-state index is -0.235. The first-order valence-electron chi connectivity index (χ1n) is 9.89. The molecule has 6 heteroatoms. The molecule has 2 N–H and O–H groups in total. The molecule has 0 fully saturated rings. The first-order valence-corrected chi connectivity index (χ1v) is 10.3. The molecule has 0 bridgehead atoms. The van der Waals surface area contributed by atoms with Gasteiger partial charge in [0, 0.05) is 35.2 Å². The van der Waals surface area contributed by atoms with Crippen molar-refractivity contribution >= 4 is 29.1 Å². The van der Waals surface area contributed by atoms with Crippen LogP contribution in [0.5, 0.6) is 0 Å². The molecule has 0 saturated heterocycles. The number of hydrogen-bond acceptors (Lipinski definition) is 2. The van der Waals surface area contributed by atoms with Gasteiger partial charge in [-0.15, -0.1) is 0 Å². The quantitative estimate of drug-likeness (QED) is 0.567. The van der Waals surface area contributed by atoms with Gasteiger partial charge in [-0.2, -0.15) is 0 Å². The Labute approximate surface area is 182 Å². The number of anilines is 1. The van der Waals surface area contributed by atoms with Crippen LogP contribution >= 0.6 is 11.6 Å². The van der Waals surface area contributed by atoms with Crippen LogP contribution in [0.2, 0.25) is 5.02 Å². The zero-order chi connectivity index (χ0) is 21.8. The first kappa shape index (κ1) is 21.7. The van der Waals surface area contributed by atoms with Crippen molar-refractivity contribution in [3.63, 3.8) is 0 Å². The molecule has 3 aromatic rings. The van der Waals surface area contributed by atoms with E-state index >= 15 is 0 Å². The van der Waals surface area contributed by atoms with E-state index in [1.165, 1.54) is 0 Å². The molecule has 3 rings (SSSR count). The van der Waals surface area contributed by atoms with Crippen LogP contribution in [0.3, 0.4) is 0 Å². The molecular formula is C24H26ClN3O2. The van der Waals surface area contributed by atoms with E-state index in [4.69, 9.17) is 11.6 Å². The van der Waals surface area contributed by atoms with Crippen LogP contribution < -0.4 is 10.6 Å². The van der Waals surface area contributed by atoms with E-state index < -0.39 is 0 Å². The number of carbonyl (C=O) groups is 2. The lowest BCUT2D eigenvalue weighted by atomic mass is 10.1. The maximum atomic E-state index is 12.8. The van der Waals surface area contributed by atoms with Gasteiger partial charge in [-0.05, 0) is 61.9 Å². The van der Waals surface area contributed by atoms with Crippen LogP contribution in [-0.4, -0.2) is 16.4 Å². The van der Waals surface area contributed by atoms with Crippen molar-refractivity contribution in [1.29, 1.82) is 0 Å². The zero-order valence-corrected chi connectivity index (χ0v) is 18.4. The van der Waals surface area contributed by atoms with Gasteiger partial charge in [0.2, 0.25) is 5.91 Å². The average molecular weight is 424 g/mol. The molecule has 0 atom stereocenters. The van der Waals surface area contributed by atoms with Crippen molar-refractivity contribution in [2.45, 2.75) is 34.2 Å². The predicted molar refractivity (Wildman–Crippen MR) is 121 cm³/mol. The summed E-state index contributed by atoms with van der Waals surface area (Å²) >= 11 is 6.30. The maximum Gasteiger partial charge on any atom is 0.253 e. The van der Waals surface area contributed by atoms with Gasteiger partial charge in [-0.1, -0.05) is 37.6 Å². The summed E-state index contributed by atoms with van der Waals surface area (Å²) in [5, 5.41) is 6.17. The van der Waals surface area contributed by atoms with Gasteiger partial charge in [0.1, 0.15) is 0 Å². The van der Waals surface area contributed by atoms with E-state index in [0.29, 0.717) is 17.1 Å². The van der Waals surface area contributed by atoms with Crippen LogP contribution in [0.25, 0.3) is 5.69 Å². The summed E-state index contributed by atoms with van der Waals surface area (Å²) in [5.41, 5.74) is 5.17. The number of aromatic nitrogens is 1. The van der Waals surface area contributed by atoms with E-state index in [-0.39, 0.29) is 17.7 Å². The SMILES string of the molecule is Cc1ccc(C)n1-c1ccc(Cl)c(C(=O)NCc2ccc(NC(=O)C(C)C)cc2)c1. The van der Waals surface area contributed by atoms with Gasteiger partial charge in [-0.3, -0.25) is 9.59 Å². The van der Waals surface area contributed by atoms with Gasteiger partial charge in [-0.25, -0.2) is 0 Å². The normalized spacial score (nSPS) is 10.9. The third-order valence-corrected chi connectivity index (χ3v) is 5.25. The Bertz CT molecular complexity index is 1050. The highest BCUT2D eigenvalue weighted by Gasteiger charge is 2.13. The van der Waals surface area contributed by atoms with Crippen molar-refractivity contribution in [3.05, 3.63) is 82.1 Å². The number of aryl methyl sites for hydroxylation is 2. The number of rotatable bonds is 6. The number of amides is 2. The number of benzene rings is 2. The molecule has 5 nitrogen and oxygen atoms in total. The van der Waals surface area contributed by atoms with Crippen LogP contribution in [0, 0.1) is 19.8 Å². The average Bonchev–Trinajstić information content (AvgIpc) is 3.05. The molecule has 2 aromatic carbocycles. The Morgan fingerprint density at radius 2 is 1.60 bits per heavy atom. The maximum absolute atomic E-state index is 12.8. The van der Waals surface area contributed by atoms with Crippen molar-refractivity contribution < 1.29 is 9.59 Å². The molecule has 0 aliphatic carbocycles. The van der Waals surface area contributed by atoms with Crippen molar-refractivity contribution in [3.8, 4) is 5.69 Å². The summed E-state index contributed by atoms with van der Waals surface area (Å²) in [6, 6.07) is 16.9. The van der Waals surface area contributed by atoms with Crippen LogP contribution in [0.4, 0.5) is 5.69 Å². The summed E-state index contributed by atoms with van der Waals surface area (Å²) in [7, 11) is 0. The molecule has 156 valence electrons. The second-order valence-electron chi connectivity index (χ2n) is 7.64. The summed E-state index contributed by atoms with van der Waals surface area (Å²) in [4.78, 5) is 24.5. The molecule has 1 aromatic heterocycles. The number of nitrogens with zero attached hydrogens (tertiary/aromatic N) is 1. The van der Waals surface area contributed by atoms with E-state index in [0.717, 1.165) is 28.3 Å². The predicted octanol–water partition coefficient (Wildman–Crippen LogP) is 5.27. The Morgan fingerprint density at radius 3 is 2.20 bits per heavy atom. The number of nitrogens with one attached hydrogen (secondary N) is 2. The van der Waals surface area contributed by atoms with Gasteiger partial charge >= 0.3 is 0 Å². The van der Waals surface area contributed by atoms with Crippen LogP contribution in [-0.2, 0) is 11.3 Å². The van der Waals surface area contributed by atoms with Crippen LogP contribution in [0.1, 0.15) is 41.2 Å². The summed E-state index contributed by atoms with van der Waals surface area (Å²) in [5.74, 6) is -0.344. The molecule has 1 heterocycles. The fourth-order valence-electron chi connectivity index (χ4n) is 3.17. The lowest BCUT2D eigenvalue weighted by Crippen LogP contribution is -2.23. The Balaban J connectivity index is 1.69. The Kier molecular flexibility index (Phi) is 6.63. The molecule has 0 aliphatic heterocycles. The van der Waals surface area contributed by atoms with Crippen molar-refractivity contribution in [1.82, 2.24) is 9.88 Å². The fraction of sp³-hybridized carbons (Fsp3) is 0.250. The zero-order valence-electron chi connectivity index (χ0n) is 17.6. The van der Waals surface area contributed by atoms with Crippen molar-refractivity contribution in [2.24, 2.45) is 5.92 Å². The van der Waals surface area contributed by atoms with E-state index in [2.05, 4.69) is 15.2 Å². The first-order chi connectivity index (χ1) is 14.3. The number of hydrogen-bond donors (Lipinski definition) is 2. The molecule has 2 amide bonds. The summed E-state index contributed by atoms with van der Waals surface area (Å²) in [6.07, 6.45) is 0. The second-order valence-corrected chi connectivity index (χ2v) is 8.05. The number of carbonyl (C=O) groups excluding carboxylic acids is 2. The highest BCUT2D eigenvalue weighted by atomic mass is 35.5. The van der Waals surface area contributed by atoms with Gasteiger partial charge in [0.15, 0.2) is 0 Å². The fourth-order valence-corrected chi connectivity index (χ4v) is 3.38. The smallest absolute Gasteiger partial charge is 0.253 e. The minimum Gasteiger partial charge on any atom is -0.348 e. The van der Waals surface area contributed by atoms with Crippen LogP contribution in [0.15, 0.2) is 54.6 Å². The number of halogens is 1. The third kappa shape index (κ3) is 4.92. The molecule has 0 radical (unpaired) electrons. The summed E-state index contributed by atoms with van der Waals surface area (Å²) in [6.45, 7) is 8.10. The van der Waals surface area contributed by atoms with Crippen molar-refractivity contribution in [2.75, 3.05) is 5.32 Å². The third-order valence-electron chi connectivity index (χ3n) is 4.92. The molecule has 0 aliphatic rings. The van der Waals surface area contributed by atoms with Gasteiger partial charge < -0.3 is 15.2 Å². The highest BCUT2D eigenvalue weighted by Crippen LogP contribution is 2.23. The van der Waals surface area contributed by atoms with Gasteiger partial charge in [0.25, 0.3) is 5.91 Å². The summed E-state index contributed by atoms with van der Waals surface area (Å²) < 4.78 is 2.08. The molecular weight excluding hydrogens is 398 g/mol. The highest BCUT2D eigenvalue weighted by molar-refractivity contribution is 6.33. The minimum absolute atomic E-state index is 0.0289. The monoisotopic (exact) mass is 423 g/mol. The Morgan fingerprint density at radius 1 is 0.967 bits per heavy atom. The Hall–Kier alpha value is -3.05. The molecule has 0 saturated carbocycles. The van der Waals surface area contributed by atoms with E-state index in [1.54, 1.807) is 6.07 Å². The lowest BCUT2D eigenvalue weighted by molar-refractivity contribution is -0.118. The largest absolute Gasteiger partial charge is 0.348 e. The second kappa shape index (κ2) is 9.18. The molecule has 0 unspecified atom stereocenters. The van der Waals surface area contributed by atoms with E-state index in [1.807, 2.05) is 76.2 Å². The molecule has 0 spiro atoms. The topological polar surface area (TPSA) is 63.1 Å². The van der Waals surface area contributed by atoms with Gasteiger partial charge in [0.05, 0.1) is 10.6 Å². The standard InChI is InChI=1S/C24H26ClN3O2/c1-15(2)23(29)27-19-9-7-18(8-10-19)14-26-24(30)21-13-20(11-12-22(21)25)28-16(3)5-6-17(28)4/h5-13,15H,14H2,1-4H3,(H,26,30)(H,27,29). The molecule has 30 heavy (non-hydrogen) atoms.